The van der Waals surface area contributed by atoms with Gasteiger partial charge in [0.25, 0.3) is 0 Å². The molecule has 0 aliphatic heterocycles. The van der Waals surface area contributed by atoms with Crippen molar-refractivity contribution in [1.29, 1.82) is 0 Å². The lowest BCUT2D eigenvalue weighted by Crippen LogP contribution is -1.99. The molecule has 2 heteroatoms. The van der Waals surface area contributed by atoms with Crippen LogP contribution in [0.1, 0.15) is 0 Å². The van der Waals surface area contributed by atoms with E-state index in [2.05, 4.69) is 385 Å². The van der Waals surface area contributed by atoms with E-state index in [9.17, 15) is 0 Å². The van der Waals surface area contributed by atoms with Crippen LogP contribution in [-0.4, -0.2) is 9.13 Å². The summed E-state index contributed by atoms with van der Waals surface area (Å²) in [7, 11) is 0. The minimum atomic E-state index is 1.18. The van der Waals surface area contributed by atoms with Gasteiger partial charge in [0.05, 0.1) is 33.4 Å². The molecule has 0 unspecified atom stereocenters. The summed E-state index contributed by atoms with van der Waals surface area (Å²) in [5.74, 6) is 0. The first-order chi connectivity index (χ1) is 50.7. The fourth-order valence-electron chi connectivity index (χ4n) is 17.6. The van der Waals surface area contributed by atoms with Gasteiger partial charge in [-0.25, -0.2) is 0 Å². The lowest BCUT2D eigenvalue weighted by atomic mass is 9.84. The molecule has 0 amide bonds. The molecular weight excluding hydrogens is 1230 g/mol. The molecule has 472 valence electrons. The van der Waals surface area contributed by atoms with Gasteiger partial charge in [-0.2, -0.15) is 0 Å². The van der Waals surface area contributed by atoms with Gasteiger partial charge in [0.2, 0.25) is 0 Å². The molecule has 2 heterocycles. The van der Waals surface area contributed by atoms with Crippen molar-refractivity contribution < 1.29 is 0 Å². The van der Waals surface area contributed by atoms with Crippen LogP contribution in [0.4, 0.5) is 0 Å². The summed E-state index contributed by atoms with van der Waals surface area (Å²) in [5.41, 5.74) is 17.2. The average Bonchev–Trinajstić information content (AvgIpc) is 1.49. The zero-order valence-corrected chi connectivity index (χ0v) is 55.7. The van der Waals surface area contributed by atoms with Crippen molar-refractivity contribution >= 4 is 151 Å². The maximum atomic E-state index is 2.51. The number of rotatable bonds is 6. The van der Waals surface area contributed by atoms with E-state index in [1.54, 1.807) is 0 Å². The Bertz CT molecular complexity index is 6950. The molecule has 0 fully saturated rings. The summed E-state index contributed by atoms with van der Waals surface area (Å²) in [6.07, 6.45) is 0. The van der Waals surface area contributed by atoms with Crippen molar-refractivity contribution in [2.24, 2.45) is 0 Å². The number of benzene rings is 20. The van der Waals surface area contributed by atoms with E-state index in [1.165, 1.54) is 207 Å². The number of hydrogen-bond acceptors (Lipinski definition) is 0. The topological polar surface area (TPSA) is 9.86 Å². The maximum absolute atomic E-state index is 2.51. The van der Waals surface area contributed by atoms with E-state index in [1.807, 2.05) is 0 Å². The SMILES string of the molecule is c1ccc(-n2c3ccc4ccccc4c3c3c4ccccc4ccc32)c(-c2c3ccccc3c(-c3ccc4ccccc4c3)c3ccccc23)c1.c1ccc(-n2c3ccc4ccccc4c3c3c4ccccc4ccc32)c(-c2c3ccccc3c(-c3cccc4ccccc34)c3ccccc23)c1. The lowest BCUT2D eigenvalue weighted by molar-refractivity contribution is 1.18. The van der Waals surface area contributed by atoms with Gasteiger partial charge < -0.3 is 9.13 Å². The van der Waals surface area contributed by atoms with E-state index in [0.717, 1.165) is 0 Å². The van der Waals surface area contributed by atoms with Gasteiger partial charge in [0.15, 0.2) is 0 Å². The molecule has 22 aromatic rings. The number of nitrogens with zero attached hydrogens (tertiary/aromatic N) is 2. The molecule has 0 spiro atoms. The standard InChI is InChI=1S/2C50H31N/c1-4-18-35-32(14-1)17-13-26-38(35)47-39-21-7-9-23-41(39)48(42-24-10-8-22-40(42)47)43-25-11-12-27-44(43)51-45-30-28-33-15-2-5-19-36(33)49(45)50-37-20-6-3-16-34(37)29-31-46(50)51;1-2-16-35-31-36(26-25-32(35)13-1)47-39-19-7-9-21-41(39)48(42-22-10-8-20-40(42)47)43-23-11-12-24-44(43)51-45-29-27-33-14-3-5-17-37(33)49(45)50-38-18-6-4-15-34(38)28-30-46(50)51/h2*1-31H. The van der Waals surface area contributed by atoms with Crippen molar-refractivity contribution in [1.82, 2.24) is 9.13 Å². The second-order valence-electron chi connectivity index (χ2n) is 27.2. The first-order valence-corrected chi connectivity index (χ1v) is 35.4. The van der Waals surface area contributed by atoms with Crippen LogP contribution in [0, 0.1) is 0 Å². The van der Waals surface area contributed by atoms with E-state index in [4.69, 9.17) is 0 Å². The van der Waals surface area contributed by atoms with Crippen molar-refractivity contribution in [3.8, 4) is 55.9 Å². The number of para-hydroxylation sites is 2. The first-order valence-electron chi connectivity index (χ1n) is 35.4. The van der Waals surface area contributed by atoms with Gasteiger partial charge in [-0.15, -0.1) is 0 Å². The molecule has 0 aliphatic carbocycles. The van der Waals surface area contributed by atoms with Gasteiger partial charge in [-0.3, -0.25) is 0 Å². The molecular formula is C100H62N2. The van der Waals surface area contributed by atoms with E-state index < -0.39 is 0 Å². The fourth-order valence-corrected chi connectivity index (χ4v) is 17.6. The highest BCUT2D eigenvalue weighted by atomic mass is 15.0. The highest BCUT2D eigenvalue weighted by Gasteiger charge is 2.26. The Kier molecular flexibility index (Phi) is 13.1. The third kappa shape index (κ3) is 8.73. The van der Waals surface area contributed by atoms with Crippen LogP contribution >= 0.6 is 0 Å². The molecule has 102 heavy (non-hydrogen) atoms. The summed E-state index contributed by atoms with van der Waals surface area (Å²) in [4.78, 5) is 0. The Hall–Kier alpha value is -13.4. The normalized spacial score (nSPS) is 11.9. The predicted molar refractivity (Wildman–Crippen MR) is 438 cm³/mol. The highest BCUT2D eigenvalue weighted by molar-refractivity contribution is 6.32. The van der Waals surface area contributed by atoms with Gasteiger partial charge in [0, 0.05) is 32.7 Å². The predicted octanol–water partition coefficient (Wildman–Crippen LogP) is 27.8. The Morgan fingerprint density at radius 3 is 0.765 bits per heavy atom. The van der Waals surface area contributed by atoms with E-state index >= 15 is 0 Å². The van der Waals surface area contributed by atoms with Crippen molar-refractivity contribution in [3.63, 3.8) is 0 Å². The van der Waals surface area contributed by atoms with Crippen LogP contribution in [0.2, 0.25) is 0 Å². The van der Waals surface area contributed by atoms with Gasteiger partial charge in [-0.05, 0) is 184 Å². The number of hydrogen-bond donors (Lipinski definition) is 0. The third-order valence-corrected chi connectivity index (χ3v) is 21.9. The molecule has 0 bridgehead atoms. The molecule has 0 saturated carbocycles. The number of fused-ring (bicyclic) bond motifs is 20. The summed E-state index contributed by atoms with van der Waals surface area (Å²) < 4.78 is 5.03. The monoisotopic (exact) mass is 1290 g/mol. The van der Waals surface area contributed by atoms with Crippen LogP contribution in [-0.2, 0) is 0 Å². The second kappa shape index (κ2) is 23.1. The van der Waals surface area contributed by atoms with Crippen LogP contribution in [0.25, 0.3) is 207 Å². The van der Waals surface area contributed by atoms with Gasteiger partial charge >= 0.3 is 0 Å². The van der Waals surface area contributed by atoms with Crippen LogP contribution in [0.5, 0.6) is 0 Å². The summed E-state index contributed by atoms with van der Waals surface area (Å²) >= 11 is 0. The van der Waals surface area contributed by atoms with Gasteiger partial charge in [0.1, 0.15) is 0 Å². The van der Waals surface area contributed by atoms with Crippen molar-refractivity contribution in [2.45, 2.75) is 0 Å². The van der Waals surface area contributed by atoms with Crippen LogP contribution in [0.15, 0.2) is 376 Å². The van der Waals surface area contributed by atoms with E-state index in [0.29, 0.717) is 0 Å². The molecule has 0 saturated heterocycles. The Labute approximate surface area is 588 Å². The Morgan fingerprint density at radius 1 is 0.147 bits per heavy atom. The zero-order chi connectivity index (χ0) is 66.9. The molecule has 0 N–H and O–H groups in total. The van der Waals surface area contributed by atoms with Crippen LogP contribution in [0.3, 0.4) is 0 Å². The Morgan fingerprint density at radius 2 is 0.392 bits per heavy atom. The molecule has 2 nitrogen and oxygen atoms in total. The minimum absolute atomic E-state index is 1.18. The largest absolute Gasteiger partial charge is 0.309 e. The molecule has 20 aromatic carbocycles. The minimum Gasteiger partial charge on any atom is -0.309 e. The second-order valence-corrected chi connectivity index (χ2v) is 27.2. The average molecular weight is 1290 g/mol. The lowest BCUT2D eigenvalue weighted by Gasteiger charge is -2.21. The number of aromatic nitrogens is 2. The summed E-state index contributed by atoms with van der Waals surface area (Å²) in [5, 5.41) is 30.4. The van der Waals surface area contributed by atoms with Crippen LogP contribution < -0.4 is 0 Å². The fraction of sp³-hybridized carbons (Fsp3) is 0. The zero-order valence-electron chi connectivity index (χ0n) is 55.7. The van der Waals surface area contributed by atoms with Crippen molar-refractivity contribution in [3.05, 3.63) is 376 Å². The third-order valence-electron chi connectivity index (χ3n) is 21.9. The Balaban J connectivity index is 0.000000133. The summed E-state index contributed by atoms with van der Waals surface area (Å²) in [6, 6.07) is 139. The molecule has 22 rings (SSSR count). The smallest absolute Gasteiger partial charge is 0.0548 e. The van der Waals surface area contributed by atoms with Crippen molar-refractivity contribution in [2.75, 3.05) is 0 Å². The quantitative estimate of drug-likeness (QED) is 0.147. The maximum Gasteiger partial charge on any atom is 0.0548 e. The van der Waals surface area contributed by atoms with Gasteiger partial charge in [-0.1, -0.05) is 334 Å². The molecule has 0 atom stereocenters. The molecule has 0 radical (unpaired) electrons. The molecule has 0 aliphatic rings. The summed E-state index contributed by atoms with van der Waals surface area (Å²) in [6.45, 7) is 0. The van der Waals surface area contributed by atoms with E-state index in [-0.39, 0.29) is 0 Å². The molecule has 2 aromatic heterocycles. The first kappa shape index (κ1) is 57.6. The highest BCUT2D eigenvalue weighted by Crippen LogP contribution is 2.51.